The molecule has 0 N–H and O–H groups in total. The Hall–Kier alpha value is -2.91. The molecular formula is C26H29NO2. The molecule has 0 bridgehead atoms. The van der Waals surface area contributed by atoms with Crippen molar-refractivity contribution in [3.8, 4) is 0 Å². The van der Waals surface area contributed by atoms with Gasteiger partial charge in [-0.15, -0.1) is 0 Å². The van der Waals surface area contributed by atoms with Crippen molar-refractivity contribution in [2.24, 2.45) is 0 Å². The number of benzene rings is 3. The summed E-state index contributed by atoms with van der Waals surface area (Å²) in [6.45, 7) is 4.91. The van der Waals surface area contributed by atoms with E-state index in [1.165, 1.54) is 29.4 Å². The number of esters is 1. The van der Waals surface area contributed by atoms with Gasteiger partial charge in [0.25, 0.3) is 0 Å². The van der Waals surface area contributed by atoms with Crippen LogP contribution in [0.3, 0.4) is 0 Å². The van der Waals surface area contributed by atoms with Crippen LogP contribution in [0.15, 0.2) is 78.9 Å². The van der Waals surface area contributed by atoms with Gasteiger partial charge in [0.05, 0.1) is 12.7 Å². The third kappa shape index (κ3) is 6.58. The van der Waals surface area contributed by atoms with E-state index < -0.39 is 0 Å². The van der Waals surface area contributed by atoms with Crippen LogP contribution in [0.1, 0.15) is 39.0 Å². The third-order valence-corrected chi connectivity index (χ3v) is 5.05. The number of ether oxygens (including phenoxy) is 1. The molecule has 0 aromatic heterocycles. The lowest BCUT2D eigenvalue weighted by Gasteiger charge is -2.23. The molecule has 0 spiro atoms. The fourth-order valence-corrected chi connectivity index (χ4v) is 3.56. The first-order valence-corrected chi connectivity index (χ1v) is 10.1. The van der Waals surface area contributed by atoms with Gasteiger partial charge in [0.15, 0.2) is 0 Å². The van der Waals surface area contributed by atoms with Gasteiger partial charge < -0.3 is 4.74 Å². The average molecular weight is 388 g/mol. The highest BCUT2D eigenvalue weighted by Crippen LogP contribution is 2.14. The highest BCUT2D eigenvalue weighted by atomic mass is 16.5. The molecule has 0 amide bonds. The zero-order valence-electron chi connectivity index (χ0n) is 17.3. The monoisotopic (exact) mass is 387 g/mol. The Balaban J connectivity index is 1.66. The average Bonchev–Trinajstić information content (AvgIpc) is 2.74. The van der Waals surface area contributed by atoms with E-state index in [1.54, 1.807) is 0 Å². The van der Waals surface area contributed by atoms with Gasteiger partial charge in [-0.05, 0) is 55.1 Å². The SMILES string of the molecule is COC(=O)c1ccc(CN(CCCc2ccccc2)Cc2cccc(C)c2)cc1. The fourth-order valence-electron chi connectivity index (χ4n) is 3.56. The minimum absolute atomic E-state index is 0.295. The lowest BCUT2D eigenvalue weighted by Crippen LogP contribution is -2.24. The van der Waals surface area contributed by atoms with E-state index in [9.17, 15) is 4.79 Å². The number of hydrogen-bond acceptors (Lipinski definition) is 3. The van der Waals surface area contributed by atoms with Gasteiger partial charge in [0.1, 0.15) is 0 Å². The number of rotatable bonds is 9. The molecule has 3 aromatic carbocycles. The van der Waals surface area contributed by atoms with E-state index in [4.69, 9.17) is 4.74 Å². The van der Waals surface area contributed by atoms with Crippen molar-refractivity contribution in [2.75, 3.05) is 13.7 Å². The summed E-state index contributed by atoms with van der Waals surface area (Å²) in [5, 5.41) is 0. The molecule has 0 aliphatic rings. The Morgan fingerprint density at radius 1 is 0.828 bits per heavy atom. The molecule has 3 heteroatoms. The summed E-state index contributed by atoms with van der Waals surface area (Å²) in [7, 11) is 1.41. The number of carbonyl (C=O) groups is 1. The molecule has 29 heavy (non-hydrogen) atoms. The maximum atomic E-state index is 11.7. The maximum Gasteiger partial charge on any atom is 0.337 e. The third-order valence-electron chi connectivity index (χ3n) is 5.05. The van der Waals surface area contributed by atoms with E-state index in [2.05, 4.69) is 66.4 Å². The first-order valence-electron chi connectivity index (χ1n) is 10.1. The first-order chi connectivity index (χ1) is 14.1. The summed E-state index contributed by atoms with van der Waals surface area (Å²) in [4.78, 5) is 14.1. The summed E-state index contributed by atoms with van der Waals surface area (Å²) in [5.74, 6) is -0.295. The van der Waals surface area contributed by atoms with Gasteiger partial charge in [0, 0.05) is 13.1 Å². The Bertz CT molecular complexity index is 904. The van der Waals surface area contributed by atoms with E-state index in [-0.39, 0.29) is 5.97 Å². The molecule has 0 radical (unpaired) electrons. The minimum Gasteiger partial charge on any atom is -0.465 e. The summed E-state index contributed by atoms with van der Waals surface area (Å²) < 4.78 is 4.79. The van der Waals surface area contributed by atoms with Crippen molar-refractivity contribution in [1.82, 2.24) is 4.90 Å². The number of nitrogens with zero attached hydrogens (tertiary/aromatic N) is 1. The largest absolute Gasteiger partial charge is 0.465 e. The van der Waals surface area contributed by atoms with E-state index >= 15 is 0 Å². The highest BCUT2D eigenvalue weighted by Gasteiger charge is 2.10. The molecule has 3 nitrogen and oxygen atoms in total. The number of methoxy groups -OCH3 is 1. The van der Waals surface area contributed by atoms with Crippen LogP contribution >= 0.6 is 0 Å². The molecule has 0 heterocycles. The molecule has 0 aliphatic heterocycles. The van der Waals surface area contributed by atoms with Crippen molar-refractivity contribution >= 4 is 5.97 Å². The molecule has 3 rings (SSSR count). The first kappa shape index (κ1) is 20.8. The van der Waals surface area contributed by atoms with Crippen molar-refractivity contribution < 1.29 is 9.53 Å². The molecule has 150 valence electrons. The Morgan fingerprint density at radius 2 is 1.52 bits per heavy atom. The summed E-state index contributed by atoms with van der Waals surface area (Å²) in [5.41, 5.74) is 5.78. The molecule has 0 fully saturated rings. The van der Waals surface area contributed by atoms with Crippen LogP contribution in [-0.4, -0.2) is 24.5 Å². The quantitative estimate of drug-likeness (QED) is 0.459. The predicted octanol–water partition coefficient (Wildman–Crippen LogP) is 5.42. The van der Waals surface area contributed by atoms with Crippen molar-refractivity contribution in [1.29, 1.82) is 0 Å². The summed E-state index contributed by atoms with van der Waals surface area (Å²) in [6.07, 6.45) is 2.18. The molecule has 0 unspecified atom stereocenters. The Labute approximate surface area is 174 Å². The van der Waals surface area contributed by atoms with Crippen molar-refractivity contribution in [2.45, 2.75) is 32.9 Å². The number of carbonyl (C=O) groups excluding carboxylic acids is 1. The lowest BCUT2D eigenvalue weighted by molar-refractivity contribution is 0.0600. The van der Waals surface area contributed by atoms with E-state index in [0.29, 0.717) is 5.56 Å². The van der Waals surface area contributed by atoms with Gasteiger partial charge in [0.2, 0.25) is 0 Å². The second-order valence-corrected chi connectivity index (χ2v) is 7.48. The van der Waals surface area contributed by atoms with Gasteiger partial charge in [-0.25, -0.2) is 4.79 Å². The zero-order chi connectivity index (χ0) is 20.5. The van der Waals surface area contributed by atoms with Crippen LogP contribution in [0.5, 0.6) is 0 Å². The van der Waals surface area contributed by atoms with E-state index in [1.807, 2.05) is 24.3 Å². The van der Waals surface area contributed by atoms with Crippen LogP contribution in [0.25, 0.3) is 0 Å². The fraction of sp³-hybridized carbons (Fsp3) is 0.269. The van der Waals surface area contributed by atoms with E-state index in [0.717, 1.165) is 32.5 Å². The zero-order valence-corrected chi connectivity index (χ0v) is 17.3. The molecule has 0 aliphatic carbocycles. The molecular weight excluding hydrogens is 358 g/mol. The minimum atomic E-state index is -0.295. The Morgan fingerprint density at radius 3 is 2.21 bits per heavy atom. The predicted molar refractivity (Wildman–Crippen MR) is 118 cm³/mol. The van der Waals surface area contributed by atoms with Crippen molar-refractivity contribution in [3.05, 3.63) is 107 Å². The maximum absolute atomic E-state index is 11.7. The van der Waals surface area contributed by atoms with Crippen molar-refractivity contribution in [3.63, 3.8) is 0 Å². The lowest BCUT2D eigenvalue weighted by atomic mass is 10.1. The molecule has 0 saturated heterocycles. The van der Waals surface area contributed by atoms with Crippen LogP contribution in [0, 0.1) is 6.92 Å². The number of hydrogen-bond donors (Lipinski definition) is 0. The second-order valence-electron chi connectivity index (χ2n) is 7.48. The van der Waals surface area contributed by atoms with Crippen LogP contribution in [0.4, 0.5) is 0 Å². The normalized spacial score (nSPS) is 10.9. The molecule has 3 aromatic rings. The summed E-state index contributed by atoms with van der Waals surface area (Å²) in [6, 6.07) is 27.1. The summed E-state index contributed by atoms with van der Waals surface area (Å²) >= 11 is 0. The van der Waals surface area contributed by atoms with Crippen LogP contribution in [-0.2, 0) is 24.2 Å². The van der Waals surface area contributed by atoms with Gasteiger partial charge in [-0.1, -0.05) is 72.3 Å². The van der Waals surface area contributed by atoms with Crippen LogP contribution < -0.4 is 0 Å². The second kappa shape index (κ2) is 10.6. The smallest absolute Gasteiger partial charge is 0.337 e. The Kier molecular flexibility index (Phi) is 7.60. The topological polar surface area (TPSA) is 29.5 Å². The van der Waals surface area contributed by atoms with Gasteiger partial charge in [-0.2, -0.15) is 0 Å². The highest BCUT2D eigenvalue weighted by molar-refractivity contribution is 5.89. The van der Waals surface area contributed by atoms with Crippen LogP contribution in [0.2, 0.25) is 0 Å². The van der Waals surface area contributed by atoms with Gasteiger partial charge >= 0.3 is 5.97 Å². The molecule has 0 saturated carbocycles. The number of aryl methyl sites for hydroxylation is 2. The van der Waals surface area contributed by atoms with Gasteiger partial charge in [-0.3, -0.25) is 4.90 Å². The molecule has 0 atom stereocenters. The standard InChI is InChI=1S/C26H29NO2/c1-21-8-6-11-24(18-21)20-27(17-7-12-22-9-4-3-5-10-22)19-23-13-15-25(16-14-23)26(28)29-2/h3-6,8-11,13-16,18H,7,12,17,19-20H2,1-2H3.